The molecule has 2 fully saturated rings. The van der Waals surface area contributed by atoms with Gasteiger partial charge in [-0.3, -0.25) is 9.59 Å². The number of piperazine rings is 1. The van der Waals surface area contributed by atoms with E-state index in [9.17, 15) is 9.59 Å². The summed E-state index contributed by atoms with van der Waals surface area (Å²) in [6.07, 6.45) is 3.72. The summed E-state index contributed by atoms with van der Waals surface area (Å²) in [6.45, 7) is 3.08. The molecule has 0 radical (unpaired) electrons. The zero-order valence-electron chi connectivity index (χ0n) is 16.6. The summed E-state index contributed by atoms with van der Waals surface area (Å²) in [5.41, 5.74) is 0.888. The van der Waals surface area contributed by atoms with Gasteiger partial charge < -0.3 is 14.7 Å². The van der Waals surface area contributed by atoms with Crippen LogP contribution in [0.5, 0.6) is 0 Å². The minimum absolute atomic E-state index is 0.0148. The third kappa shape index (κ3) is 3.36. The van der Waals surface area contributed by atoms with E-state index in [1.165, 1.54) is 0 Å². The van der Waals surface area contributed by atoms with Crippen LogP contribution in [0.25, 0.3) is 10.8 Å². The van der Waals surface area contributed by atoms with E-state index in [0.29, 0.717) is 38.7 Å². The Morgan fingerprint density at radius 2 is 1.63 bits per heavy atom. The Bertz CT molecular complexity index is 1070. The van der Waals surface area contributed by atoms with Gasteiger partial charge in [-0.1, -0.05) is 36.4 Å². The summed E-state index contributed by atoms with van der Waals surface area (Å²) in [5.74, 6) is 0.486. The number of hydrogen-bond donors (Lipinski definition) is 0. The highest BCUT2D eigenvalue weighted by atomic mass is 16.2. The van der Waals surface area contributed by atoms with Crippen LogP contribution in [0.2, 0.25) is 0 Å². The van der Waals surface area contributed by atoms with Gasteiger partial charge in [0.25, 0.3) is 0 Å². The summed E-state index contributed by atoms with van der Waals surface area (Å²) >= 11 is 0. The predicted octanol–water partition coefficient (Wildman–Crippen LogP) is 2.33. The van der Waals surface area contributed by atoms with Crippen LogP contribution >= 0.6 is 0 Å². The molecule has 2 aliphatic heterocycles. The molecular formula is C23H23N5O2. The van der Waals surface area contributed by atoms with Crippen molar-refractivity contribution in [1.29, 1.82) is 0 Å². The second-order valence-corrected chi connectivity index (χ2v) is 7.76. The van der Waals surface area contributed by atoms with Crippen molar-refractivity contribution < 1.29 is 9.59 Å². The number of nitrogens with zero attached hydrogens (tertiary/aromatic N) is 5. The zero-order chi connectivity index (χ0) is 20.5. The molecule has 1 aromatic heterocycles. The Hall–Kier alpha value is -3.48. The minimum Gasteiger partial charge on any atom is -0.339 e. The lowest BCUT2D eigenvalue weighted by Gasteiger charge is -2.35. The van der Waals surface area contributed by atoms with E-state index in [-0.39, 0.29) is 24.2 Å². The fraction of sp³-hybridized carbons (Fsp3) is 0.304. The Labute approximate surface area is 174 Å². The van der Waals surface area contributed by atoms with Gasteiger partial charge in [0, 0.05) is 56.9 Å². The fourth-order valence-electron chi connectivity index (χ4n) is 4.39. The van der Waals surface area contributed by atoms with Gasteiger partial charge in [-0.25, -0.2) is 9.97 Å². The molecule has 0 saturated carbocycles. The van der Waals surface area contributed by atoms with E-state index in [2.05, 4.69) is 14.9 Å². The van der Waals surface area contributed by atoms with E-state index in [0.717, 1.165) is 16.5 Å². The molecule has 0 spiro atoms. The largest absolute Gasteiger partial charge is 0.339 e. The molecule has 152 valence electrons. The van der Waals surface area contributed by atoms with Gasteiger partial charge in [0.15, 0.2) is 0 Å². The lowest BCUT2D eigenvalue weighted by atomic mass is 10.1. The third-order valence-corrected chi connectivity index (χ3v) is 5.96. The van der Waals surface area contributed by atoms with E-state index >= 15 is 0 Å². The molecule has 0 unspecified atom stereocenters. The first-order valence-corrected chi connectivity index (χ1v) is 10.3. The molecule has 2 amide bonds. The molecule has 5 rings (SSSR count). The summed E-state index contributed by atoms with van der Waals surface area (Å²) in [4.78, 5) is 40.2. The molecule has 0 N–H and O–H groups in total. The number of amides is 2. The number of carbonyl (C=O) groups excluding carboxylic acids is 2. The third-order valence-electron chi connectivity index (χ3n) is 5.96. The first-order valence-electron chi connectivity index (χ1n) is 10.3. The molecule has 1 atom stereocenters. The minimum atomic E-state index is -0.295. The van der Waals surface area contributed by atoms with Crippen LogP contribution in [0.4, 0.5) is 11.6 Å². The van der Waals surface area contributed by atoms with Crippen molar-refractivity contribution in [3.63, 3.8) is 0 Å². The second kappa shape index (κ2) is 7.74. The van der Waals surface area contributed by atoms with Crippen molar-refractivity contribution in [2.75, 3.05) is 42.5 Å². The highest BCUT2D eigenvalue weighted by molar-refractivity contribution is 6.07. The molecule has 7 heteroatoms. The molecule has 0 bridgehead atoms. The Kier molecular flexibility index (Phi) is 4.78. The molecule has 2 aromatic carbocycles. The number of fused-ring (bicyclic) bond motifs is 1. The van der Waals surface area contributed by atoms with Gasteiger partial charge in [0.2, 0.25) is 17.8 Å². The van der Waals surface area contributed by atoms with Gasteiger partial charge in [-0.05, 0) is 17.5 Å². The van der Waals surface area contributed by atoms with E-state index in [1.807, 2.05) is 47.4 Å². The Morgan fingerprint density at radius 1 is 0.900 bits per heavy atom. The normalized spacial score (nSPS) is 19.5. The number of anilines is 2. The maximum Gasteiger partial charge on any atom is 0.228 e. The number of carbonyl (C=O) groups is 2. The van der Waals surface area contributed by atoms with Crippen molar-refractivity contribution in [3.05, 3.63) is 60.9 Å². The van der Waals surface area contributed by atoms with Crippen LogP contribution < -0.4 is 9.80 Å². The monoisotopic (exact) mass is 401 g/mol. The van der Waals surface area contributed by atoms with Crippen LogP contribution in [0.1, 0.15) is 6.42 Å². The van der Waals surface area contributed by atoms with Crippen LogP contribution in [0.15, 0.2) is 60.9 Å². The predicted molar refractivity (Wildman–Crippen MR) is 115 cm³/mol. The summed E-state index contributed by atoms with van der Waals surface area (Å²) in [7, 11) is 0. The molecule has 7 nitrogen and oxygen atoms in total. The summed E-state index contributed by atoms with van der Waals surface area (Å²) < 4.78 is 0. The van der Waals surface area contributed by atoms with E-state index < -0.39 is 0 Å². The summed E-state index contributed by atoms with van der Waals surface area (Å²) in [5, 5.41) is 2.13. The van der Waals surface area contributed by atoms with E-state index in [4.69, 9.17) is 0 Å². The molecule has 0 aliphatic carbocycles. The highest BCUT2D eigenvalue weighted by Gasteiger charge is 2.38. The molecule has 30 heavy (non-hydrogen) atoms. The Morgan fingerprint density at radius 3 is 2.43 bits per heavy atom. The van der Waals surface area contributed by atoms with Crippen molar-refractivity contribution in [3.8, 4) is 0 Å². The number of hydrogen-bond acceptors (Lipinski definition) is 5. The zero-order valence-corrected chi connectivity index (χ0v) is 16.6. The lowest BCUT2D eigenvalue weighted by molar-refractivity contribution is -0.136. The first kappa shape index (κ1) is 18.5. The molecule has 3 aromatic rings. The fourth-order valence-corrected chi connectivity index (χ4v) is 4.39. The van der Waals surface area contributed by atoms with Gasteiger partial charge in [0.05, 0.1) is 11.6 Å². The Balaban J connectivity index is 1.27. The van der Waals surface area contributed by atoms with Crippen LogP contribution in [-0.4, -0.2) is 59.4 Å². The standard InChI is InChI=1S/C23H23N5O2/c29-21-15-18(16-28(21)20-8-3-6-17-5-1-2-7-19(17)20)22(30)26-11-13-27(14-12-26)23-24-9-4-10-25-23/h1-10,18H,11-16H2/t18-/m1/s1. The molecular weight excluding hydrogens is 378 g/mol. The smallest absolute Gasteiger partial charge is 0.228 e. The van der Waals surface area contributed by atoms with Gasteiger partial charge in [-0.2, -0.15) is 0 Å². The van der Waals surface area contributed by atoms with Crippen LogP contribution in [0, 0.1) is 5.92 Å². The lowest BCUT2D eigenvalue weighted by Crippen LogP contribution is -2.51. The quantitative estimate of drug-likeness (QED) is 0.674. The SMILES string of the molecule is O=C([C@@H]1CC(=O)N(c2cccc3ccccc23)C1)N1CCN(c2ncccn2)CC1. The average Bonchev–Trinajstić information content (AvgIpc) is 3.20. The van der Waals surface area contributed by atoms with Crippen LogP contribution in [-0.2, 0) is 9.59 Å². The van der Waals surface area contributed by atoms with Gasteiger partial charge >= 0.3 is 0 Å². The summed E-state index contributed by atoms with van der Waals surface area (Å²) in [6, 6.07) is 15.8. The molecule has 3 heterocycles. The molecule has 2 saturated heterocycles. The van der Waals surface area contributed by atoms with Gasteiger partial charge in [-0.15, -0.1) is 0 Å². The van der Waals surface area contributed by atoms with Crippen molar-refractivity contribution in [1.82, 2.24) is 14.9 Å². The topological polar surface area (TPSA) is 69.6 Å². The maximum absolute atomic E-state index is 13.1. The van der Waals surface area contributed by atoms with Crippen molar-refractivity contribution in [2.24, 2.45) is 5.92 Å². The van der Waals surface area contributed by atoms with Crippen molar-refractivity contribution in [2.45, 2.75) is 6.42 Å². The van der Waals surface area contributed by atoms with Crippen molar-refractivity contribution >= 4 is 34.2 Å². The van der Waals surface area contributed by atoms with Crippen LogP contribution in [0.3, 0.4) is 0 Å². The molecule has 2 aliphatic rings. The number of aromatic nitrogens is 2. The average molecular weight is 401 g/mol. The number of rotatable bonds is 3. The first-order chi connectivity index (χ1) is 14.7. The highest BCUT2D eigenvalue weighted by Crippen LogP contribution is 2.32. The number of benzene rings is 2. The van der Waals surface area contributed by atoms with E-state index in [1.54, 1.807) is 23.4 Å². The second-order valence-electron chi connectivity index (χ2n) is 7.76. The maximum atomic E-state index is 13.1. The van der Waals surface area contributed by atoms with Gasteiger partial charge in [0.1, 0.15) is 0 Å².